The Labute approximate surface area is 130 Å². The van der Waals surface area contributed by atoms with Crippen LogP contribution in [0.2, 0.25) is 0 Å². The van der Waals surface area contributed by atoms with Gasteiger partial charge in [0.1, 0.15) is 4.90 Å². The molecule has 1 aromatic heterocycles. The van der Waals surface area contributed by atoms with E-state index in [9.17, 15) is 16.8 Å². The lowest BCUT2D eigenvalue weighted by molar-refractivity contribution is 0.285. The van der Waals surface area contributed by atoms with Gasteiger partial charge in [-0.25, -0.2) is 16.8 Å². The van der Waals surface area contributed by atoms with Crippen molar-refractivity contribution < 1.29 is 21.9 Å². The van der Waals surface area contributed by atoms with E-state index in [2.05, 4.69) is 15.9 Å². The first kappa shape index (κ1) is 16.4. The second-order valence-electron chi connectivity index (χ2n) is 4.42. The zero-order valence-corrected chi connectivity index (χ0v) is 14.5. The fourth-order valence-corrected chi connectivity index (χ4v) is 7.31. The SMILES string of the molecule is O=S1(=O)CCCN(S(=O)(=O)c2cc(CO)sc2Br)CC1. The molecule has 0 atom stereocenters. The topological polar surface area (TPSA) is 91.8 Å². The zero-order chi connectivity index (χ0) is 15.0. The lowest BCUT2D eigenvalue weighted by atomic mass is 10.5. The highest BCUT2D eigenvalue weighted by atomic mass is 79.9. The van der Waals surface area contributed by atoms with Crippen LogP contribution in [0.15, 0.2) is 14.7 Å². The van der Waals surface area contributed by atoms with Gasteiger partial charge in [-0.1, -0.05) is 0 Å². The largest absolute Gasteiger partial charge is 0.391 e. The number of sulfone groups is 1. The molecule has 1 fully saturated rings. The maximum absolute atomic E-state index is 12.5. The Hall–Kier alpha value is -0.000000000000000222. The molecule has 6 nitrogen and oxygen atoms in total. The molecule has 10 heteroatoms. The molecule has 1 aliphatic heterocycles. The molecule has 0 aromatic carbocycles. The number of nitrogens with zero attached hydrogens (tertiary/aromatic N) is 1. The molecule has 0 saturated carbocycles. The first-order chi connectivity index (χ1) is 9.26. The highest BCUT2D eigenvalue weighted by molar-refractivity contribution is 9.11. The fourth-order valence-electron chi connectivity index (χ4n) is 1.95. The van der Waals surface area contributed by atoms with Crippen molar-refractivity contribution in [2.45, 2.75) is 17.9 Å². The molecule has 0 amide bonds. The zero-order valence-electron chi connectivity index (χ0n) is 10.5. The van der Waals surface area contributed by atoms with Gasteiger partial charge in [0.25, 0.3) is 0 Å². The summed E-state index contributed by atoms with van der Waals surface area (Å²) in [5.41, 5.74) is 0. The molecule has 1 aromatic rings. The molecule has 2 heterocycles. The average molecular weight is 404 g/mol. The van der Waals surface area contributed by atoms with E-state index in [1.165, 1.54) is 10.4 Å². The van der Waals surface area contributed by atoms with Gasteiger partial charge in [-0.3, -0.25) is 0 Å². The normalized spacial score (nSPS) is 20.7. The Morgan fingerprint density at radius 1 is 1.35 bits per heavy atom. The van der Waals surface area contributed by atoms with E-state index in [1.54, 1.807) is 0 Å². The van der Waals surface area contributed by atoms with Crippen LogP contribution in [0.4, 0.5) is 0 Å². The minimum Gasteiger partial charge on any atom is -0.391 e. The summed E-state index contributed by atoms with van der Waals surface area (Å²) in [7, 11) is -6.89. The van der Waals surface area contributed by atoms with Crippen LogP contribution < -0.4 is 0 Å². The summed E-state index contributed by atoms with van der Waals surface area (Å²) in [4.78, 5) is 0.628. The number of thiophene rings is 1. The molecule has 0 unspecified atom stereocenters. The molecule has 0 bridgehead atoms. The molecular weight excluding hydrogens is 390 g/mol. The van der Waals surface area contributed by atoms with Gasteiger partial charge >= 0.3 is 0 Å². The number of hydrogen-bond acceptors (Lipinski definition) is 6. The van der Waals surface area contributed by atoms with Crippen LogP contribution in [0.25, 0.3) is 0 Å². The van der Waals surface area contributed by atoms with Crippen LogP contribution in [0.1, 0.15) is 11.3 Å². The summed E-state index contributed by atoms with van der Waals surface area (Å²) in [6, 6.07) is 1.42. The maximum atomic E-state index is 12.5. The smallest absolute Gasteiger partial charge is 0.245 e. The molecule has 1 N–H and O–H groups in total. The molecule has 20 heavy (non-hydrogen) atoms. The summed E-state index contributed by atoms with van der Waals surface area (Å²) in [6.07, 6.45) is 0.302. The third kappa shape index (κ3) is 3.42. The van der Waals surface area contributed by atoms with Gasteiger partial charge in [-0.15, -0.1) is 11.3 Å². The lowest BCUT2D eigenvalue weighted by Crippen LogP contribution is -2.33. The highest BCUT2D eigenvalue weighted by Gasteiger charge is 2.31. The fraction of sp³-hybridized carbons (Fsp3) is 0.600. The number of sulfonamides is 1. The quantitative estimate of drug-likeness (QED) is 0.805. The van der Waals surface area contributed by atoms with Crippen molar-refractivity contribution in [2.24, 2.45) is 0 Å². The molecule has 1 saturated heterocycles. The van der Waals surface area contributed by atoms with Crippen molar-refractivity contribution in [3.63, 3.8) is 0 Å². The van der Waals surface area contributed by atoms with Gasteiger partial charge in [-0.05, 0) is 28.4 Å². The van der Waals surface area contributed by atoms with Crippen LogP contribution in [-0.2, 0) is 26.5 Å². The number of aliphatic hydroxyl groups excluding tert-OH is 1. The Bertz CT molecular complexity index is 694. The molecule has 0 spiro atoms. The maximum Gasteiger partial charge on any atom is 0.245 e. The van der Waals surface area contributed by atoms with Gasteiger partial charge < -0.3 is 5.11 Å². The molecule has 0 radical (unpaired) electrons. The molecule has 1 aliphatic rings. The molecule has 2 rings (SSSR count). The monoisotopic (exact) mass is 403 g/mol. The number of halogens is 1. The van der Waals surface area contributed by atoms with E-state index >= 15 is 0 Å². The minimum absolute atomic E-state index is 0.0196. The van der Waals surface area contributed by atoms with Gasteiger partial charge in [0, 0.05) is 18.0 Å². The van der Waals surface area contributed by atoms with Crippen molar-refractivity contribution in [1.82, 2.24) is 4.31 Å². The molecule has 0 aliphatic carbocycles. The standard InChI is InChI=1S/C10H14BrNO5S3/c11-10-9(6-8(7-13)18-10)20(16,17)12-2-1-4-19(14,15)5-3-12/h6,13H,1-5,7H2. The predicted octanol–water partition coefficient (Wildman–Crippen LogP) is 0.812. The van der Waals surface area contributed by atoms with Crippen LogP contribution in [-0.4, -0.2) is 50.8 Å². The van der Waals surface area contributed by atoms with Crippen molar-refractivity contribution in [3.8, 4) is 0 Å². The van der Waals surface area contributed by atoms with Crippen molar-refractivity contribution in [2.75, 3.05) is 24.6 Å². The van der Waals surface area contributed by atoms with Crippen molar-refractivity contribution >= 4 is 47.1 Å². The van der Waals surface area contributed by atoms with E-state index < -0.39 is 19.9 Å². The summed E-state index contributed by atoms with van der Waals surface area (Å²) in [6.45, 7) is -0.0626. The van der Waals surface area contributed by atoms with E-state index in [0.29, 0.717) is 15.1 Å². The van der Waals surface area contributed by atoms with Gasteiger partial charge in [-0.2, -0.15) is 4.31 Å². The third-order valence-corrected chi connectivity index (χ3v) is 8.85. The van der Waals surface area contributed by atoms with Crippen LogP contribution in [0, 0.1) is 0 Å². The summed E-state index contributed by atoms with van der Waals surface area (Å²) in [5, 5.41) is 9.07. The van der Waals surface area contributed by atoms with Crippen LogP contribution in [0.3, 0.4) is 0 Å². The summed E-state index contributed by atoms with van der Waals surface area (Å²) < 4.78 is 49.7. The Morgan fingerprint density at radius 3 is 2.65 bits per heavy atom. The van der Waals surface area contributed by atoms with E-state index in [-0.39, 0.29) is 36.1 Å². The number of aliphatic hydroxyl groups is 1. The minimum atomic E-state index is -3.73. The highest BCUT2D eigenvalue weighted by Crippen LogP contribution is 2.33. The van der Waals surface area contributed by atoms with E-state index in [4.69, 9.17) is 5.11 Å². The van der Waals surface area contributed by atoms with Crippen molar-refractivity contribution in [1.29, 1.82) is 0 Å². The first-order valence-electron chi connectivity index (χ1n) is 5.86. The van der Waals surface area contributed by atoms with E-state index in [0.717, 1.165) is 11.3 Å². The van der Waals surface area contributed by atoms with Gasteiger partial charge in [0.15, 0.2) is 9.84 Å². The molecule has 114 valence electrons. The average Bonchev–Trinajstić information content (AvgIpc) is 2.64. The van der Waals surface area contributed by atoms with Crippen LogP contribution >= 0.6 is 27.3 Å². The van der Waals surface area contributed by atoms with Gasteiger partial charge in [0.2, 0.25) is 10.0 Å². The molecular formula is C10H14BrNO5S3. The van der Waals surface area contributed by atoms with Gasteiger partial charge in [0.05, 0.1) is 21.9 Å². The lowest BCUT2D eigenvalue weighted by Gasteiger charge is -2.18. The number of hydrogen-bond donors (Lipinski definition) is 1. The summed E-state index contributed by atoms with van der Waals surface area (Å²) >= 11 is 4.34. The van der Waals surface area contributed by atoms with E-state index in [1.807, 2.05) is 0 Å². The first-order valence-corrected chi connectivity index (χ1v) is 10.7. The van der Waals surface area contributed by atoms with Crippen molar-refractivity contribution in [3.05, 3.63) is 14.7 Å². The van der Waals surface area contributed by atoms with Crippen LogP contribution in [0.5, 0.6) is 0 Å². The summed E-state index contributed by atoms with van der Waals surface area (Å²) in [5.74, 6) is -0.132. The second-order valence-corrected chi connectivity index (χ2v) is 11.1. The Balaban J connectivity index is 2.32. The second kappa shape index (κ2) is 6.01. The Kier molecular flexibility index (Phi) is 4.92. The number of rotatable bonds is 3. The third-order valence-electron chi connectivity index (χ3n) is 2.99. The Morgan fingerprint density at radius 2 is 2.05 bits per heavy atom. The predicted molar refractivity (Wildman–Crippen MR) is 80.0 cm³/mol.